The van der Waals surface area contributed by atoms with Crippen molar-refractivity contribution in [3.8, 4) is 0 Å². The van der Waals surface area contributed by atoms with Crippen molar-refractivity contribution in [2.24, 2.45) is 0 Å². The highest BCUT2D eigenvalue weighted by atomic mass is 32.2. The van der Waals surface area contributed by atoms with E-state index in [4.69, 9.17) is 0 Å². The summed E-state index contributed by atoms with van der Waals surface area (Å²) < 4.78 is 28.0. The standard InChI is InChI=1S/C19H20N4O4S2/c1-12(24)21-14-3-6-16(7-4-14)29(26,27)20-10-9-19(25)23-15-5-8-17-18(11-15)28-13(2)22-17/h3-8,11,20H,9-10H2,1-2H3,(H,21,24)(H,23,25). The van der Waals surface area contributed by atoms with E-state index in [0.717, 1.165) is 15.2 Å². The van der Waals surface area contributed by atoms with Crippen LogP contribution in [0.3, 0.4) is 0 Å². The fourth-order valence-corrected chi connectivity index (χ4v) is 4.54. The molecule has 0 saturated heterocycles. The van der Waals surface area contributed by atoms with Gasteiger partial charge in [0.15, 0.2) is 0 Å². The van der Waals surface area contributed by atoms with Crippen LogP contribution in [0.4, 0.5) is 11.4 Å². The van der Waals surface area contributed by atoms with Gasteiger partial charge in [0.05, 0.1) is 20.1 Å². The number of hydrogen-bond acceptors (Lipinski definition) is 6. The molecule has 2 aromatic carbocycles. The number of benzene rings is 2. The number of fused-ring (bicyclic) bond motifs is 1. The number of rotatable bonds is 7. The summed E-state index contributed by atoms with van der Waals surface area (Å²) in [5.74, 6) is -0.538. The normalized spacial score (nSPS) is 11.4. The minimum atomic E-state index is -3.75. The van der Waals surface area contributed by atoms with Crippen LogP contribution in [0.15, 0.2) is 47.4 Å². The van der Waals surface area contributed by atoms with Crippen LogP contribution < -0.4 is 15.4 Å². The number of nitrogens with zero attached hydrogens (tertiary/aromatic N) is 1. The summed E-state index contributed by atoms with van der Waals surface area (Å²) in [6, 6.07) is 11.2. The van der Waals surface area contributed by atoms with E-state index >= 15 is 0 Å². The summed E-state index contributed by atoms with van der Waals surface area (Å²) in [5.41, 5.74) is 2.02. The Morgan fingerprint density at radius 3 is 2.41 bits per heavy atom. The van der Waals surface area contributed by atoms with E-state index in [1.54, 1.807) is 6.07 Å². The molecule has 1 aromatic heterocycles. The molecule has 152 valence electrons. The molecule has 0 bridgehead atoms. The van der Waals surface area contributed by atoms with Gasteiger partial charge in [0.25, 0.3) is 0 Å². The zero-order valence-electron chi connectivity index (χ0n) is 15.9. The number of hydrogen-bond donors (Lipinski definition) is 3. The van der Waals surface area contributed by atoms with Crippen LogP contribution in [0.25, 0.3) is 10.2 Å². The van der Waals surface area contributed by atoms with Gasteiger partial charge in [0.1, 0.15) is 0 Å². The lowest BCUT2D eigenvalue weighted by Gasteiger charge is -2.09. The smallest absolute Gasteiger partial charge is 0.240 e. The van der Waals surface area contributed by atoms with E-state index < -0.39 is 10.0 Å². The molecular formula is C19H20N4O4S2. The van der Waals surface area contributed by atoms with Gasteiger partial charge in [-0.1, -0.05) is 0 Å². The SMILES string of the molecule is CC(=O)Nc1ccc(S(=O)(=O)NCCC(=O)Nc2ccc3nc(C)sc3c2)cc1. The summed E-state index contributed by atoms with van der Waals surface area (Å²) in [6.07, 6.45) is -0.0110. The lowest BCUT2D eigenvalue weighted by molar-refractivity contribution is -0.116. The van der Waals surface area contributed by atoms with Crippen molar-refractivity contribution in [3.63, 3.8) is 0 Å². The Morgan fingerprint density at radius 2 is 1.72 bits per heavy atom. The van der Waals surface area contributed by atoms with Gasteiger partial charge in [-0.15, -0.1) is 11.3 Å². The Labute approximate surface area is 172 Å². The average molecular weight is 433 g/mol. The van der Waals surface area contributed by atoms with Crippen molar-refractivity contribution in [2.45, 2.75) is 25.2 Å². The van der Waals surface area contributed by atoms with Gasteiger partial charge >= 0.3 is 0 Å². The molecule has 8 nitrogen and oxygen atoms in total. The number of aromatic nitrogens is 1. The van der Waals surface area contributed by atoms with E-state index in [1.165, 1.54) is 42.5 Å². The van der Waals surface area contributed by atoms with Gasteiger partial charge in [-0.2, -0.15) is 0 Å². The highest BCUT2D eigenvalue weighted by molar-refractivity contribution is 7.89. The number of aryl methyl sites for hydroxylation is 1. The number of carbonyl (C=O) groups excluding carboxylic acids is 2. The van der Waals surface area contributed by atoms with E-state index in [0.29, 0.717) is 11.4 Å². The van der Waals surface area contributed by atoms with Gasteiger partial charge in [-0.05, 0) is 49.4 Å². The molecule has 0 radical (unpaired) electrons. The Bertz CT molecular complexity index is 1150. The van der Waals surface area contributed by atoms with Crippen molar-refractivity contribution in [1.29, 1.82) is 0 Å². The minimum Gasteiger partial charge on any atom is -0.326 e. The fourth-order valence-electron chi connectivity index (χ4n) is 2.64. The van der Waals surface area contributed by atoms with E-state index in [2.05, 4.69) is 20.3 Å². The minimum absolute atomic E-state index is 0.0110. The second kappa shape index (κ2) is 8.68. The van der Waals surface area contributed by atoms with Crippen LogP contribution in [0.5, 0.6) is 0 Å². The summed E-state index contributed by atoms with van der Waals surface area (Å²) in [6.45, 7) is 3.25. The molecule has 0 aliphatic rings. The van der Waals surface area contributed by atoms with Crippen molar-refractivity contribution in [2.75, 3.05) is 17.2 Å². The maximum Gasteiger partial charge on any atom is 0.240 e. The highest BCUT2D eigenvalue weighted by Crippen LogP contribution is 2.24. The summed E-state index contributed by atoms with van der Waals surface area (Å²) in [4.78, 5) is 27.6. The molecule has 2 amide bonds. The Morgan fingerprint density at radius 1 is 1.03 bits per heavy atom. The summed E-state index contributed by atoms with van der Waals surface area (Å²) >= 11 is 1.54. The topological polar surface area (TPSA) is 117 Å². The van der Waals surface area contributed by atoms with Gasteiger partial charge in [0, 0.05) is 31.3 Å². The van der Waals surface area contributed by atoms with Crippen LogP contribution in [-0.2, 0) is 19.6 Å². The van der Waals surface area contributed by atoms with Gasteiger partial charge < -0.3 is 10.6 Å². The molecule has 0 unspecified atom stereocenters. The molecule has 10 heteroatoms. The Hall–Kier alpha value is -2.82. The average Bonchev–Trinajstić information content (AvgIpc) is 3.00. The Kier molecular flexibility index (Phi) is 6.26. The highest BCUT2D eigenvalue weighted by Gasteiger charge is 2.14. The molecular weight excluding hydrogens is 412 g/mol. The second-order valence-electron chi connectivity index (χ2n) is 6.32. The van der Waals surface area contributed by atoms with Crippen molar-refractivity contribution < 1.29 is 18.0 Å². The van der Waals surface area contributed by atoms with Gasteiger partial charge in [0.2, 0.25) is 21.8 Å². The number of nitrogens with one attached hydrogen (secondary N) is 3. The van der Waals surface area contributed by atoms with Crippen LogP contribution >= 0.6 is 11.3 Å². The summed E-state index contributed by atoms with van der Waals surface area (Å²) in [5, 5.41) is 6.27. The number of amides is 2. The molecule has 0 atom stereocenters. The first-order chi connectivity index (χ1) is 13.7. The largest absolute Gasteiger partial charge is 0.326 e. The van der Waals surface area contributed by atoms with E-state index in [1.807, 2.05) is 19.1 Å². The number of carbonyl (C=O) groups is 2. The maximum absolute atomic E-state index is 12.3. The molecule has 0 aliphatic carbocycles. The van der Waals surface area contributed by atoms with Gasteiger partial charge in [-0.25, -0.2) is 18.1 Å². The predicted molar refractivity (Wildman–Crippen MR) is 114 cm³/mol. The molecule has 0 saturated carbocycles. The van der Waals surface area contributed by atoms with Gasteiger partial charge in [-0.3, -0.25) is 9.59 Å². The van der Waals surface area contributed by atoms with Crippen molar-refractivity contribution in [3.05, 3.63) is 47.5 Å². The van der Waals surface area contributed by atoms with E-state index in [-0.39, 0.29) is 29.7 Å². The lowest BCUT2D eigenvalue weighted by Crippen LogP contribution is -2.27. The molecule has 3 N–H and O–H groups in total. The third-order valence-electron chi connectivity index (χ3n) is 3.91. The van der Waals surface area contributed by atoms with Crippen LogP contribution in [0, 0.1) is 6.92 Å². The number of anilines is 2. The van der Waals surface area contributed by atoms with Crippen molar-refractivity contribution >= 4 is 54.8 Å². The first-order valence-electron chi connectivity index (χ1n) is 8.77. The van der Waals surface area contributed by atoms with Crippen LogP contribution in [0.1, 0.15) is 18.4 Å². The molecule has 1 heterocycles. The van der Waals surface area contributed by atoms with Crippen LogP contribution in [-0.4, -0.2) is 31.8 Å². The van der Waals surface area contributed by atoms with Crippen molar-refractivity contribution in [1.82, 2.24) is 9.71 Å². The molecule has 0 spiro atoms. The number of thiazole rings is 1. The zero-order chi connectivity index (χ0) is 21.0. The number of sulfonamides is 1. The molecule has 3 aromatic rings. The first-order valence-corrected chi connectivity index (χ1v) is 11.1. The van der Waals surface area contributed by atoms with Crippen LogP contribution in [0.2, 0.25) is 0 Å². The Balaban J connectivity index is 1.53. The van der Waals surface area contributed by atoms with E-state index in [9.17, 15) is 18.0 Å². The lowest BCUT2D eigenvalue weighted by atomic mass is 10.3. The molecule has 29 heavy (non-hydrogen) atoms. The fraction of sp³-hybridized carbons (Fsp3) is 0.211. The quantitative estimate of drug-likeness (QED) is 0.531. The zero-order valence-corrected chi connectivity index (χ0v) is 17.5. The molecule has 3 rings (SSSR count). The maximum atomic E-state index is 12.3. The summed E-state index contributed by atoms with van der Waals surface area (Å²) in [7, 11) is -3.75. The predicted octanol–water partition coefficient (Wildman–Crippen LogP) is 2.87. The third kappa shape index (κ3) is 5.59. The molecule has 0 fully saturated rings. The second-order valence-corrected chi connectivity index (χ2v) is 9.32. The monoisotopic (exact) mass is 432 g/mol. The first kappa shape index (κ1) is 20.9. The molecule has 0 aliphatic heterocycles. The third-order valence-corrected chi connectivity index (χ3v) is 6.32.